The number of hydrogen-bond acceptors (Lipinski definition) is 7. The zero-order valence-electron chi connectivity index (χ0n) is 19.5. The first-order valence-corrected chi connectivity index (χ1v) is 11.4. The molecule has 4 rings (SSSR count). The maximum absolute atomic E-state index is 15.1. The Morgan fingerprint density at radius 2 is 1.84 bits per heavy atom. The predicted molar refractivity (Wildman–Crippen MR) is 134 cm³/mol. The number of benzene rings is 2. The molecule has 0 aliphatic rings. The fourth-order valence-corrected chi connectivity index (χ4v) is 3.79. The molecule has 7 nitrogen and oxygen atoms in total. The average molecular weight is 518 g/mol. The Balaban J connectivity index is 2.00. The Bertz CT molecular complexity index is 1590. The molecule has 0 bridgehead atoms. The van der Waals surface area contributed by atoms with Gasteiger partial charge in [-0.3, -0.25) is 4.57 Å². The molecular weight excluding hydrogens is 500 g/mol. The van der Waals surface area contributed by atoms with Crippen molar-refractivity contribution in [1.82, 2.24) is 14.5 Å². The van der Waals surface area contributed by atoms with E-state index < -0.39 is 17.6 Å². The normalized spacial score (nSPS) is 10.9. The first-order chi connectivity index (χ1) is 18.0. The van der Waals surface area contributed by atoms with Crippen LogP contribution < -0.4 is 0 Å². The SMILES string of the molecule is CC#CC#COC(=O)C=C(c1ccccc1)c1cc2cnc(SOOC)nc2n1-c1c(F)cccc1F. The number of para-hydroxylation sites is 1. The first-order valence-electron chi connectivity index (χ1n) is 10.6. The fourth-order valence-electron chi connectivity index (χ4n) is 3.44. The quantitative estimate of drug-likeness (QED) is 0.0631. The Morgan fingerprint density at radius 1 is 1.08 bits per heavy atom. The van der Waals surface area contributed by atoms with Gasteiger partial charge in [-0.15, -0.1) is 0 Å². The third-order valence-corrected chi connectivity index (χ3v) is 5.42. The van der Waals surface area contributed by atoms with Crippen molar-refractivity contribution in [3.05, 3.63) is 89.8 Å². The molecule has 37 heavy (non-hydrogen) atoms. The van der Waals surface area contributed by atoms with Crippen LogP contribution in [0.25, 0.3) is 22.3 Å². The highest BCUT2D eigenvalue weighted by atomic mass is 32.2. The predicted octanol–water partition coefficient (Wildman–Crippen LogP) is 5.24. The van der Waals surface area contributed by atoms with E-state index in [1.807, 2.05) is 0 Å². The van der Waals surface area contributed by atoms with E-state index in [1.54, 1.807) is 43.3 Å². The number of nitrogens with zero attached hydrogens (tertiary/aromatic N) is 3. The number of fused-ring (bicyclic) bond motifs is 1. The summed E-state index contributed by atoms with van der Waals surface area (Å²) in [6.45, 7) is 1.60. The van der Waals surface area contributed by atoms with E-state index in [4.69, 9.17) is 9.07 Å². The third-order valence-electron chi connectivity index (χ3n) is 4.87. The summed E-state index contributed by atoms with van der Waals surface area (Å²) >= 11 is 0.725. The lowest BCUT2D eigenvalue weighted by Crippen LogP contribution is -2.08. The smallest absolute Gasteiger partial charge is 0.345 e. The molecule has 2 heterocycles. The molecule has 0 saturated heterocycles. The van der Waals surface area contributed by atoms with Crippen LogP contribution in [0.15, 0.2) is 72.0 Å². The Hall–Kier alpha value is -4.48. The Morgan fingerprint density at radius 3 is 2.54 bits per heavy atom. The van der Waals surface area contributed by atoms with Crippen molar-refractivity contribution in [2.24, 2.45) is 0 Å². The molecule has 10 heteroatoms. The summed E-state index contributed by atoms with van der Waals surface area (Å²) in [4.78, 5) is 25.8. The van der Waals surface area contributed by atoms with Gasteiger partial charge in [0, 0.05) is 29.2 Å². The third kappa shape index (κ3) is 5.85. The lowest BCUT2D eigenvalue weighted by molar-refractivity contribution is -0.160. The number of aromatic nitrogens is 3. The molecule has 0 atom stereocenters. The van der Waals surface area contributed by atoms with Crippen LogP contribution in [0.1, 0.15) is 18.2 Å². The van der Waals surface area contributed by atoms with E-state index in [-0.39, 0.29) is 22.2 Å². The summed E-state index contributed by atoms with van der Waals surface area (Å²) in [5.41, 5.74) is 0.920. The zero-order chi connectivity index (χ0) is 26.2. The maximum atomic E-state index is 15.1. The molecule has 0 radical (unpaired) electrons. The summed E-state index contributed by atoms with van der Waals surface area (Å²) in [5.74, 6) is 4.95. The summed E-state index contributed by atoms with van der Waals surface area (Å²) in [6, 6.07) is 13.9. The Labute approximate surface area is 215 Å². The van der Waals surface area contributed by atoms with E-state index in [0.717, 1.165) is 24.2 Å². The van der Waals surface area contributed by atoms with Gasteiger partial charge in [-0.2, -0.15) is 4.33 Å². The van der Waals surface area contributed by atoms with Crippen LogP contribution in [0.2, 0.25) is 0 Å². The summed E-state index contributed by atoms with van der Waals surface area (Å²) < 4.78 is 41.3. The van der Waals surface area contributed by atoms with E-state index >= 15 is 8.78 Å². The van der Waals surface area contributed by atoms with E-state index in [1.165, 1.54) is 30.0 Å². The topological polar surface area (TPSA) is 75.5 Å². The van der Waals surface area contributed by atoms with Gasteiger partial charge in [0.05, 0.1) is 12.8 Å². The highest BCUT2D eigenvalue weighted by Crippen LogP contribution is 2.34. The number of esters is 1. The van der Waals surface area contributed by atoms with Crippen LogP contribution in [0.4, 0.5) is 8.78 Å². The van der Waals surface area contributed by atoms with Gasteiger partial charge in [0.25, 0.3) is 0 Å². The number of carbonyl (C=O) groups excluding carboxylic acids is 1. The van der Waals surface area contributed by atoms with Crippen LogP contribution in [0.5, 0.6) is 0 Å². The van der Waals surface area contributed by atoms with E-state index in [0.29, 0.717) is 16.5 Å². The van der Waals surface area contributed by atoms with Crippen LogP contribution in [-0.4, -0.2) is 27.6 Å². The van der Waals surface area contributed by atoms with Crippen molar-refractivity contribution < 1.29 is 27.5 Å². The number of rotatable bonds is 7. The molecule has 0 unspecified atom stereocenters. The molecular formula is C27H17F2N3O4S. The van der Waals surface area contributed by atoms with E-state index in [2.05, 4.69) is 38.7 Å². The highest BCUT2D eigenvalue weighted by molar-refractivity contribution is 7.94. The van der Waals surface area contributed by atoms with Gasteiger partial charge >= 0.3 is 5.97 Å². The van der Waals surface area contributed by atoms with Gasteiger partial charge < -0.3 is 4.74 Å². The van der Waals surface area contributed by atoms with Crippen molar-refractivity contribution in [3.63, 3.8) is 0 Å². The molecule has 0 amide bonds. The second kappa shape index (κ2) is 12.0. The largest absolute Gasteiger partial charge is 0.368 e. The van der Waals surface area contributed by atoms with Crippen LogP contribution >= 0.6 is 12.0 Å². The summed E-state index contributed by atoms with van der Waals surface area (Å²) in [7, 11) is 1.32. The van der Waals surface area contributed by atoms with Gasteiger partial charge in [-0.25, -0.2) is 28.4 Å². The van der Waals surface area contributed by atoms with Gasteiger partial charge in [-0.05, 0) is 36.6 Å². The zero-order valence-corrected chi connectivity index (χ0v) is 20.3. The fraction of sp³-hybridized carbons (Fsp3) is 0.0741. The number of carbonyl (C=O) groups is 1. The minimum atomic E-state index is -0.835. The van der Waals surface area contributed by atoms with Gasteiger partial charge in [0.2, 0.25) is 5.16 Å². The van der Waals surface area contributed by atoms with Crippen LogP contribution in [-0.2, 0) is 18.8 Å². The van der Waals surface area contributed by atoms with Gasteiger partial charge in [0.1, 0.15) is 41.1 Å². The molecule has 0 spiro atoms. The van der Waals surface area contributed by atoms with Crippen molar-refractivity contribution in [1.29, 1.82) is 0 Å². The van der Waals surface area contributed by atoms with Crippen LogP contribution in [0.3, 0.4) is 0 Å². The van der Waals surface area contributed by atoms with Gasteiger partial charge in [-0.1, -0.05) is 42.3 Å². The second-order valence-corrected chi connectivity index (χ2v) is 7.80. The molecule has 2 aromatic heterocycles. The second-order valence-electron chi connectivity index (χ2n) is 7.13. The molecule has 0 N–H and O–H groups in total. The molecule has 4 aromatic rings. The van der Waals surface area contributed by atoms with Crippen molar-refractivity contribution >= 4 is 34.6 Å². The molecule has 2 aromatic carbocycles. The van der Waals surface area contributed by atoms with E-state index in [9.17, 15) is 4.79 Å². The number of hydrogen-bond donors (Lipinski definition) is 0. The lowest BCUT2D eigenvalue weighted by Gasteiger charge is -2.15. The standard InChI is InChI=1S/C27H17F2N3O4S/c1-3-4-8-14-35-24(33)16-20(18-10-6-5-7-11-18)23-15-19-17-30-27(37-36-34-2)31-26(19)32(23)25-21(28)12-9-13-22(25)29/h5-7,9-13,15-17H,1-2H3. The highest BCUT2D eigenvalue weighted by Gasteiger charge is 2.23. The monoisotopic (exact) mass is 517 g/mol. The van der Waals surface area contributed by atoms with Crippen molar-refractivity contribution in [2.75, 3.05) is 7.11 Å². The molecule has 0 aliphatic carbocycles. The minimum Gasteiger partial charge on any atom is -0.368 e. The minimum absolute atomic E-state index is 0.133. The molecule has 0 saturated carbocycles. The summed E-state index contributed by atoms with van der Waals surface area (Å²) in [6.07, 6.45) is 4.87. The van der Waals surface area contributed by atoms with Crippen LogP contribution in [0, 0.1) is 35.5 Å². The molecule has 184 valence electrons. The van der Waals surface area contributed by atoms with Gasteiger partial charge in [0.15, 0.2) is 0 Å². The Kier molecular flexibility index (Phi) is 8.29. The number of ether oxygens (including phenoxy) is 1. The molecule has 0 aliphatic heterocycles. The first kappa shape index (κ1) is 25.6. The average Bonchev–Trinajstić information content (AvgIpc) is 3.27. The summed E-state index contributed by atoms with van der Waals surface area (Å²) in [5, 5.41) is 0.585. The maximum Gasteiger partial charge on any atom is 0.345 e. The van der Waals surface area contributed by atoms with Crippen molar-refractivity contribution in [2.45, 2.75) is 12.1 Å². The molecule has 0 fully saturated rings. The number of halogens is 2. The lowest BCUT2D eigenvalue weighted by atomic mass is 10.0. The van der Waals surface area contributed by atoms with Crippen molar-refractivity contribution in [3.8, 4) is 29.6 Å².